The van der Waals surface area contributed by atoms with Crippen LogP contribution in [0.15, 0.2) is 30.3 Å². The van der Waals surface area contributed by atoms with Gasteiger partial charge in [0.1, 0.15) is 0 Å². The Kier molecular flexibility index (Phi) is 3.25. The zero-order chi connectivity index (χ0) is 11.5. The fourth-order valence-corrected chi connectivity index (χ4v) is 2.10. The first kappa shape index (κ1) is 11.1. The molecule has 0 bridgehead atoms. The van der Waals surface area contributed by atoms with Crippen molar-refractivity contribution in [3.8, 4) is 0 Å². The molecule has 3 nitrogen and oxygen atoms in total. The Morgan fingerprint density at radius 3 is 2.75 bits per heavy atom. The molecule has 1 saturated heterocycles. The summed E-state index contributed by atoms with van der Waals surface area (Å²) in [4.78, 5) is 13.5. The van der Waals surface area contributed by atoms with Gasteiger partial charge in [-0.15, -0.1) is 0 Å². The standard InChI is InChI=1S/C13H17NO2/c1-10-12(15)7-8-13(16)14(10)9-11-5-3-2-4-6-11/h2-6,10,12,15H,7-9H2,1H3/t10-,12+/m1/s1. The average molecular weight is 219 g/mol. The van der Waals surface area contributed by atoms with Gasteiger partial charge in [-0.3, -0.25) is 4.79 Å². The van der Waals surface area contributed by atoms with Crippen LogP contribution in [0.25, 0.3) is 0 Å². The predicted octanol–water partition coefficient (Wildman–Crippen LogP) is 1.56. The van der Waals surface area contributed by atoms with Crippen molar-refractivity contribution in [2.75, 3.05) is 0 Å². The number of hydrogen-bond donors (Lipinski definition) is 1. The molecule has 1 heterocycles. The van der Waals surface area contributed by atoms with Crippen LogP contribution >= 0.6 is 0 Å². The summed E-state index contributed by atoms with van der Waals surface area (Å²) in [5.41, 5.74) is 1.11. The zero-order valence-electron chi connectivity index (χ0n) is 9.47. The van der Waals surface area contributed by atoms with Gasteiger partial charge in [0.05, 0.1) is 12.1 Å². The third-order valence-corrected chi connectivity index (χ3v) is 3.22. The molecule has 0 radical (unpaired) electrons. The van der Waals surface area contributed by atoms with Crippen LogP contribution in [0.1, 0.15) is 25.3 Å². The van der Waals surface area contributed by atoms with Gasteiger partial charge in [-0.2, -0.15) is 0 Å². The molecule has 0 aliphatic carbocycles. The van der Waals surface area contributed by atoms with E-state index in [2.05, 4.69) is 0 Å². The molecule has 1 aliphatic rings. The van der Waals surface area contributed by atoms with Crippen LogP contribution in [0, 0.1) is 0 Å². The first-order valence-electron chi connectivity index (χ1n) is 5.70. The summed E-state index contributed by atoms with van der Waals surface area (Å²) >= 11 is 0. The van der Waals surface area contributed by atoms with Gasteiger partial charge in [0.2, 0.25) is 5.91 Å². The van der Waals surface area contributed by atoms with E-state index in [0.29, 0.717) is 19.4 Å². The van der Waals surface area contributed by atoms with Gasteiger partial charge in [0, 0.05) is 13.0 Å². The number of benzene rings is 1. The quantitative estimate of drug-likeness (QED) is 0.820. The van der Waals surface area contributed by atoms with Gasteiger partial charge < -0.3 is 10.0 Å². The second kappa shape index (κ2) is 4.66. The molecule has 1 fully saturated rings. The monoisotopic (exact) mass is 219 g/mol. The molecule has 1 aromatic rings. The number of amides is 1. The Hall–Kier alpha value is -1.35. The third-order valence-electron chi connectivity index (χ3n) is 3.22. The summed E-state index contributed by atoms with van der Waals surface area (Å²) in [6, 6.07) is 9.80. The lowest BCUT2D eigenvalue weighted by Gasteiger charge is -2.36. The molecule has 2 rings (SSSR count). The number of nitrogens with zero attached hydrogens (tertiary/aromatic N) is 1. The molecule has 1 aliphatic heterocycles. The van der Waals surface area contributed by atoms with Crippen LogP contribution in [-0.2, 0) is 11.3 Å². The zero-order valence-corrected chi connectivity index (χ0v) is 9.47. The Morgan fingerprint density at radius 2 is 2.06 bits per heavy atom. The lowest BCUT2D eigenvalue weighted by molar-refractivity contribution is -0.141. The lowest BCUT2D eigenvalue weighted by Crippen LogP contribution is -2.48. The second-order valence-electron chi connectivity index (χ2n) is 4.35. The summed E-state index contributed by atoms with van der Waals surface area (Å²) in [5, 5.41) is 9.75. The van der Waals surface area contributed by atoms with Crippen LogP contribution in [0.4, 0.5) is 0 Å². The van der Waals surface area contributed by atoms with Crippen molar-refractivity contribution in [3.05, 3.63) is 35.9 Å². The van der Waals surface area contributed by atoms with Crippen LogP contribution in [0.5, 0.6) is 0 Å². The predicted molar refractivity (Wildman–Crippen MR) is 61.7 cm³/mol. The Bertz CT molecular complexity index is 363. The topological polar surface area (TPSA) is 40.5 Å². The fraction of sp³-hybridized carbons (Fsp3) is 0.462. The van der Waals surface area contributed by atoms with Gasteiger partial charge in [0.25, 0.3) is 0 Å². The van der Waals surface area contributed by atoms with Crippen molar-refractivity contribution >= 4 is 5.91 Å². The maximum absolute atomic E-state index is 11.8. The maximum Gasteiger partial charge on any atom is 0.223 e. The van der Waals surface area contributed by atoms with Crippen molar-refractivity contribution in [2.45, 2.75) is 38.5 Å². The minimum absolute atomic E-state index is 0.0820. The largest absolute Gasteiger partial charge is 0.391 e. The number of rotatable bonds is 2. The molecule has 0 spiro atoms. The first-order chi connectivity index (χ1) is 7.68. The molecule has 86 valence electrons. The van der Waals surface area contributed by atoms with Gasteiger partial charge in [0.15, 0.2) is 0 Å². The summed E-state index contributed by atoms with van der Waals surface area (Å²) in [6.07, 6.45) is 0.658. The minimum atomic E-state index is -0.388. The highest BCUT2D eigenvalue weighted by Gasteiger charge is 2.31. The van der Waals surface area contributed by atoms with Crippen molar-refractivity contribution in [1.29, 1.82) is 0 Å². The van der Waals surface area contributed by atoms with Crippen LogP contribution in [0.2, 0.25) is 0 Å². The number of piperidine rings is 1. The summed E-state index contributed by atoms with van der Waals surface area (Å²) < 4.78 is 0. The normalized spacial score (nSPS) is 25.9. The molecule has 1 aromatic carbocycles. The van der Waals surface area contributed by atoms with Crippen molar-refractivity contribution in [3.63, 3.8) is 0 Å². The molecule has 1 N–H and O–H groups in total. The molecule has 3 heteroatoms. The van der Waals surface area contributed by atoms with Crippen LogP contribution in [0.3, 0.4) is 0 Å². The molecule has 2 atom stereocenters. The number of likely N-dealkylation sites (tertiary alicyclic amines) is 1. The minimum Gasteiger partial charge on any atom is -0.391 e. The van der Waals surface area contributed by atoms with Crippen LogP contribution < -0.4 is 0 Å². The number of carbonyl (C=O) groups is 1. The van der Waals surface area contributed by atoms with E-state index >= 15 is 0 Å². The van der Waals surface area contributed by atoms with Gasteiger partial charge >= 0.3 is 0 Å². The van der Waals surface area contributed by atoms with E-state index in [1.807, 2.05) is 37.3 Å². The highest BCUT2D eigenvalue weighted by molar-refractivity contribution is 5.77. The smallest absolute Gasteiger partial charge is 0.223 e. The number of hydrogen-bond acceptors (Lipinski definition) is 2. The van der Waals surface area contributed by atoms with E-state index in [0.717, 1.165) is 5.56 Å². The molecule has 1 amide bonds. The van der Waals surface area contributed by atoms with Crippen molar-refractivity contribution in [2.24, 2.45) is 0 Å². The van der Waals surface area contributed by atoms with E-state index in [1.165, 1.54) is 0 Å². The Labute approximate surface area is 95.7 Å². The molecular weight excluding hydrogens is 202 g/mol. The van der Waals surface area contributed by atoms with Crippen LogP contribution in [-0.4, -0.2) is 28.1 Å². The van der Waals surface area contributed by atoms with E-state index < -0.39 is 0 Å². The maximum atomic E-state index is 11.8. The number of aliphatic hydroxyl groups is 1. The lowest BCUT2D eigenvalue weighted by atomic mass is 9.99. The van der Waals surface area contributed by atoms with E-state index in [9.17, 15) is 9.90 Å². The van der Waals surface area contributed by atoms with E-state index in [1.54, 1.807) is 4.90 Å². The fourth-order valence-electron chi connectivity index (χ4n) is 2.10. The van der Waals surface area contributed by atoms with Crippen molar-refractivity contribution in [1.82, 2.24) is 4.90 Å². The summed E-state index contributed by atoms with van der Waals surface area (Å²) in [5.74, 6) is 0.140. The van der Waals surface area contributed by atoms with Gasteiger partial charge in [-0.1, -0.05) is 30.3 Å². The summed E-state index contributed by atoms with van der Waals surface area (Å²) in [7, 11) is 0. The van der Waals surface area contributed by atoms with Gasteiger partial charge in [-0.05, 0) is 18.9 Å². The first-order valence-corrected chi connectivity index (χ1v) is 5.70. The third kappa shape index (κ3) is 2.25. The molecule has 16 heavy (non-hydrogen) atoms. The van der Waals surface area contributed by atoms with E-state index in [-0.39, 0.29) is 18.1 Å². The summed E-state index contributed by atoms with van der Waals surface area (Å²) in [6.45, 7) is 2.50. The second-order valence-corrected chi connectivity index (χ2v) is 4.35. The molecule has 0 saturated carbocycles. The average Bonchev–Trinajstić information content (AvgIpc) is 2.31. The number of carbonyl (C=O) groups excluding carboxylic acids is 1. The molecular formula is C13H17NO2. The molecule has 0 aromatic heterocycles. The SMILES string of the molecule is C[C@@H]1[C@@H](O)CCC(=O)N1Cc1ccccc1. The van der Waals surface area contributed by atoms with E-state index in [4.69, 9.17) is 0 Å². The number of aliphatic hydroxyl groups excluding tert-OH is 1. The highest BCUT2D eigenvalue weighted by Crippen LogP contribution is 2.20. The van der Waals surface area contributed by atoms with Gasteiger partial charge in [-0.25, -0.2) is 0 Å². The highest BCUT2D eigenvalue weighted by atomic mass is 16.3. The Balaban J connectivity index is 2.10. The molecule has 0 unspecified atom stereocenters. The van der Waals surface area contributed by atoms with Crippen molar-refractivity contribution < 1.29 is 9.90 Å². The Morgan fingerprint density at radius 1 is 1.38 bits per heavy atom.